The number of halogens is 1. The Morgan fingerprint density at radius 3 is 3.00 bits per heavy atom. The Kier molecular flexibility index (Phi) is 6.22. The first-order valence-corrected chi connectivity index (χ1v) is 7.83. The molecule has 3 heteroatoms. The number of rotatable bonds is 4. The Bertz CT molecular complexity index is 518. The fraction of sp³-hybridized carbons (Fsp3) is 0.556. The van der Waals surface area contributed by atoms with E-state index in [-0.39, 0.29) is 12.4 Å². The van der Waals surface area contributed by atoms with Gasteiger partial charge < -0.3 is 5.11 Å². The lowest BCUT2D eigenvalue weighted by atomic mass is 9.95. The molecule has 2 nitrogen and oxygen atoms in total. The molecule has 1 unspecified atom stereocenters. The molecule has 2 rings (SSSR count). The number of hydrogen-bond donors (Lipinski definition) is 1. The van der Waals surface area contributed by atoms with Crippen molar-refractivity contribution >= 4 is 0 Å². The van der Waals surface area contributed by atoms with Crippen LogP contribution in [0.15, 0.2) is 18.2 Å². The third-order valence-corrected chi connectivity index (χ3v) is 4.10. The molecule has 1 N–H and O–H groups in total. The summed E-state index contributed by atoms with van der Waals surface area (Å²) < 4.78 is 14.1. The summed E-state index contributed by atoms with van der Waals surface area (Å²) in [5.41, 5.74) is 1.43. The lowest BCUT2D eigenvalue weighted by Crippen LogP contribution is -2.34. The minimum atomic E-state index is -0.176. The van der Waals surface area contributed by atoms with Gasteiger partial charge in [0.1, 0.15) is 5.82 Å². The maximum atomic E-state index is 14.1. The minimum Gasteiger partial charge on any atom is -0.395 e. The molecule has 1 aromatic rings. The van der Waals surface area contributed by atoms with Crippen LogP contribution in [0.3, 0.4) is 0 Å². The molecule has 0 spiro atoms. The molecule has 1 aliphatic heterocycles. The molecule has 0 aliphatic carbocycles. The zero-order valence-electron chi connectivity index (χ0n) is 12.7. The van der Waals surface area contributed by atoms with E-state index in [1.807, 2.05) is 12.1 Å². The molecule has 1 atom stereocenters. The quantitative estimate of drug-likeness (QED) is 0.861. The summed E-state index contributed by atoms with van der Waals surface area (Å²) in [4.78, 5) is 2.35. The largest absolute Gasteiger partial charge is 0.395 e. The highest BCUT2D eigenvalue weighted by molar-refractivity contribution is 5.37. The molecule has 114 valence electrons. The van der Waals surface area contributed by atoms with Crippen LogP contribution in [0.1, 0.15) is 43.7 Å². The molecule has 1 saturated heterocycles. The van der Waals surface area contributed by atoms with Crippen LogP contribution < -0.4 is 0 Å². The third-order valence-electron chi connectivity index (χ3n) is 4.10. The van der Waals surface area contributed by atoms with Gasteiger partial charge in [0, 0.05) is 30.6 Å². The van der Waals surface area contributed by atoms with Crippen molar-refractivity contribution in [3.63, 3.8) is 0 Å². The van der Waals surface area contributed by atoms with Gasteiger partial charge in [0.2, 0.25) is 0 Å². The Morgan fingerprint density at radius 2 is 2.29 bits per heavy atom. The SMILES string of the molecule is CCC1CCCN(Cc2ccc(C#CCCO)cc2F)C1. The molecule has 0 bridgehead atoms. The second kappa shape index (κ2) is 8.17. The zero-order chi connectivity index (χ0) is 15.1. The molecular weight excluding hydrogens is 265 g/mol. The van der Waals surface area contributed by atoms with Gasteiger partial charge in [-0.25, -0.2) is 4.39 Å². The van der Waals surface area contributed by atoms with Gasteiger partial charge in [0.25, 0.3) is 0 Å². The molecule has 0 radical (unpaired) electrons. The van der Waals surface area contributed by atoms with Crippen LogP contribution >= 0.6 is 0 Å². The normalized spacial score (nSPS) is 19.1. The third kappa shape index (κ3) is 4.84. The number of benzene rings is 1. The van der Waals surface area contributed by atoms with Gasteiger partial charge in [-0.15, -0.1) is 0 Å². The van der Waals surface area contributed by atoms with Crippen LogP contribution in [0, 0.1) is 23.6 Å². The van der Waals surface area contributed by atoms with E-state index in [2.05, 4.69) is 23.7 Å². The number of nitrogens with zero attached hydrogens (tertiary/aromatic N) is 1. The summed E-state index contributed by atoms with van der Waals surface area (Å²) in [5.74, 6) is 6.26. The predicted octanol–water partition coefficient (Wildman–Crippen LogP) is 3.18. The van der Waals surface area contributed by atoms with Gasteiger partial charge in [-0.1, -0.05) is 31.3 Å². The molecule has 21 heavy (non-hydrogen) atoms. The van der Waals surface area contributed by atoms with Crippen LogP contribution in [-0.2, 0) is 6.54 Å². The molecule has 0 aromatic heterocycles. The zero-order valence-corrected chi connectivity index (χ0v) is 12.7. The first-order valence-electron chi connectivity index (χ1n) is 7.83. The fourth-order valence-corrected chi connectivity index (χ4v) is 2.84. The summed E-state index contributed by atoms with van der Waals surface area (Å²) in [6.45, 7) is 5.10. The molecule has 1 fully saturated rings. The predicted molar refractivity (Wildman–Crippen MR) is 83.3 cm³/mol. The minimum absolute atomic E-state index is 0.0428. The number of piperidine rings is 1. The van der Waals surface area contributed by atoms with Crippen molar-refractivity contribution in [2.24, 2.45) is 5.92 Å². The highest BCUT2D eigenvalue weighted by Gasteiger charge is 2.19. The number of likely N-dealkylation sites (tertiary alicyclic amines) is 1. The summed E-state index contributed by atoms with van der Waals surface area (Å²) in [5, 5.41) is 8.68. The molecule has 0 saturated carbocycles. The lowest BCUT2D eigenvalue weighted by Gasteiger charge is -2.32. The monoisotopic (exact) mass is 289 g/mol. The van der Waals surface area contributed by atoms with E-state index in [4.69, 9.17) is 5.11 Å². The van der Waals surface area contributed by atoms with Crippen molar-refractivity contribution < 1.29 is 9.50 Å². The summed E-state index contributed by atoms with van der Waals surface area (Å²) in [6.07, 6.45) is 4.15. The van der Waals surface area contributed by atoms with E-state index in [9.17, 15) is 4.39 Å². The van der Waals surface area contributed by atoms with Gasteiger partial charge in [0.05, 0.1) is 6.61 Å². The van der Waals surface area contributed by atoms with Gasteiger partial charge in [-0.2, -0.15) is 0 Å². The molecule has 0 amide bonds. The van der Waals surface area contributed by atoms with E-state index in [0.29, 0.717) is 18.5 Å². The maximum Gasteiger partial charge on any atom is 0.128 e. The smallest absolute Gasteiger partial charge is 0.128 e. The van der Waals surface area contributed by atoms with Crippen LogP contribution in [0.4, 0.5) is 4.39 Å². The van der Waals surface area contributed by atoms with Crippen LogP contribution in [0.2, 0.25) is 0 Å². The summed E-state index contributed by atoms with van der Waals surface area (Å²) in [6, 6.07) is 5.21. The lowest BCUT2D eigenvalue weighted by molar-refractivity contribution is 0.163. The first kappa shape index (κ1) is 16.0. The van der Waals surface area contributed by atoms with Crippen molar-refractivity contribution in [1.29, 1.82) is 0 Å². The first-order chi connectivity index (χ1) is 10.2. The summed E-state index contributed by atoms with van der Waals surface area (Å²) >= 11 is 0. The second-order valence-electron chi connectivity index (χ2n) is 5.73. The van der Waals surface area contributed by atoms with Crippen molar-refractivity contribution in [2.45, 2.75) is 39.2 Å². The van der Waals surface area contributed by atoms with Crippen molar-refractivity contribution in [3.8, 4) is 11.8 Å². The highest BCUT2D eigenvalue weighted by Crippen LogP contribution is 2.21. The Hall–Kier alpha value is -1.37. The number of aliphatic hydroxyl groups excluding tert-OH is 1. The van der Waals surface area contributed by atoms with E-state index >= 15 is 0 Å². The number of aliphatic hydroxyl groups is 1. The van der Waals surface area contributed by atoms with E-state index in [0.717, 1.165) is 24.6 Å². The van der Waals surface area contributed by atoms with E-state index in [1.165, 1.54) is 25.3 Å². The van der Waals surface area contributed by atoms with Crippen LogP contribution in [0.5, 0.6) is 0 Å². The Labute approximate surface area is 127 Å². The van der Waals surface area contributed by atoms with Crippen molar-refractivity contribution in [3.05, 3.63) is 35.1 Å². The highest BCUT2D eigenvalue weighted by atomic mass is 19.1. The average Bonchev–Trinajstić information content (AvgIpc) is 2.50. The average molecular weight is 289 g/mol. The summed E-state index contributed by atoms with van der Waals surface area (Å²) in [7, 11) is 0. The second-order valence-corrected chi connectivity index (χ2v) is 5.73. The van der Waals surface area contributed by atoms with Crippen LogP contribution in [-0.4, -0.2) is 29.7 Å². The van der Waals surface area contributed by atoms with Crippen molar-refractivity contribution in [2.75, 3.05) is 19.7 Å². The molecular formula is C18H24FNO. The van der Waals surface area contributed by atoms with Gasteiger partial charge in [-0.3, -0.25) is 4.90 Å². The Morgan fingerprint density at radius 1 is 1.43 bits per heavy atom. The Balaban J connectivity index is 1.99. The number of hydrogen-bond acceptors (Lipinski definition) is 2. The van der Waals surface area contributed by atoms with Crippen molar-refractivity contribution in [1.82, 2.24) is 4.90 Å². The van der Waals surface area contributed by atoms with Crippen LogP contribution in [0.25, 0.3) is 0 Å². The maximum absolute atomic E-state index is 14.1. The topological polar surface area (TPSA) is 23.5 Å². The molecule has 1 aliphatic rings. The molecule has 1 heterocycles. The van der Waals surface area contributed by atoms with Gasteiger partial charge >= 0.3 is 0 Å². The van der Waals surface area contributed by atoms with Gasteiger partial charge in [-0.05, 0) is 37.4 Å². The molecule has 1 aromatic carbocycles. The fourth-order valence-electron chi connectivity index (χ4n) is 2.84. The van der Waals surface area contributed by atoms with Gasteiger partial charge in [0.15, 0.2) is 0 Å². The standard InChI is InChI=1S/C18H24FNO/c1-2-15-7-5-10-20(13-15)14-17-9-8-16(12-18(17)19)6-3-4-11-21/h8-9,12,15,21H,2,4-5,7,10-11,13-14H2,1H3. The van der Waals surface area contributed by atoms with E-state index in [1.54, 1.807) is 0 Å². The van der Waals surface area contributed by atoms with E-state index < -0.39 is 0 Å².